The molecule has 0 aromatic heterocycles. The number of hydrogen-bond donors (Lipinski definition) is 0. The van der Waals surface area contributed by atoms with Crippen LogP contribution in [-0.4, -0.2) is 47.6 Å². The Morgan fingerprint density at radius 1 is 1.07 bits per heavy atom. The van der Waals surface area contributed by atoms with Crippen LogP contribution in [0.15, 0.2) is 0 Å². The summed E-state index contributed by atoms with van der Waals surface area (Å²) in [7, 11) is 0. The van der Waals surface area contributed by atoms with E-state index in [1.807, 2.05) is 0 Å². The first-order valence-corrected chi connectivity index (χ1v) is 6.48. The van der Waals surface area contributed by atoms with Gasteiger partial charge in [0.25, 0.3) is 0 Å². The van der Waals surface area contributed by atoms with Gasteiger partial charge in [-0.05, 0) is 52.0 Å². The Morgan fingerprint density at radius 2 is 1.73 bits per heavy atom. The minimum Gasteiger partial charge on any atom is -0.297 e. The first kappa shape index (κ1) is 10.1. The molecule has 0 aromatic rings. The Morgan fingerprint density at radius 3 is 2.20 bits per heavy atom. The Labute approximate surface area is 93.6 Å². The zero-order chi connectivity index (χ0) is 10.7. The van der Waals surface area contributed by atoms with Gasteiger partial charge in [-0.1, -0.05) is 0 Å². The van der Waals surface area contributed by atoms with Crippen LogP contribution in [0.4, 0.5) is 0 Å². The average Bonchev–Trinajstić information content (AvgIpc) is 2.61. The van der Waals surface area contributed by atoms with Crippen molar-refractivity contribution in [3.8, 4) is 0 Å². The maximum absolute atomic E-state index is 2.76. The van der Waals surface area contributed by atoms with Gasteiger partial charge in [-0.3, -0.25) is 9.80 Å². The summed E-state index contributed by atoms with van der Waals surface area (Å²) in [6.45, 7) is 12.4. The highest BCUT2D eigenvalue weighted by Gasteiger charge is 2.50. The van der Waals surface area contributed by atoms with Crippen LogP contribution in [-0.2, 0) is 0 Å². The van der Waals surface area contributed by atoms with Crippen molar-refractivity contribution in [3.63, 3.8) is 0 Å². The van der Waals surface area contributed by atoms with Crippen molar-refractivity contribution >= 4 is 0 Å². The molecule has 0 radical (unpaired) electrons. The standard InChI is InChI=1S/C13H24N2/c1-12(2,3)15-8-11(9-15)14-7-6-13(10-14)4-5-13/h11H,4-10H2,1-3H3. The highest BCUT2D eigenvalue weighted by atomic mass is 15.3. The van der Waals surface area contributed by atoms with Crippen molar-refractivity contribution in [1.82, 2.24) is 9.80 Å². The van der Waals surface area contributed by atoms with Crippen molar-refractivity contribution in [2.45, 2.75) is 51.6 Å². The topological polar surface area (TPSA) is 6.48 Å². The third-order valence-electron chi connectivity index (χ3n) is 4.75. The fourth-order valence-corrected chi connectivity index (χ4v) is 3.10. The number of nitrogens with zero attached hydrogens (tertiary/aromatic N) is 2. The number of hydrogen-bond acceptors (Lipinski definition) is 2. The average molecular weight is 208 g/mol. The van der Waals surface area contributed by atoms with Gasteiger partial charge in [-0.2, -0.15) is 0 Å². The van der Waals surface area contributed by atoms with E-state index in [2.05, 4.69) is 30.6 Å². The molecule has 2 saturated heterocycles. The van der Waals surface area contributed by atoms with Gasteiger partial charge in [0, 0.05) is 31.2 Å². The molecule has 2 nitrogen and oxygen atoms in total. The predicted octanol–water partition coefficient (Wildman–Crippen LogP) is 1.95. The molecule has 2 aliphatic heterocycles. The normalized spacial score (nSPS) is 32.2. The molecule has 2 heteroatoms. The Kier molecular flexibility index (Phi) is 2.01. The second-order valence-corrected chi connectivity index (χ2v) is 6.95. The molecule has 1 aliphatic carbocycles. The third-order valence-corrected chi connectivity index (χ3v) is 4.75. The van der Waals surface area contributed by atoms with Crippen molar-refractivity contribution in [2.24, 2.45) is 5.41 Å². The van der Waals surface area contributed by atoms with Crippen molar-refractivity contribution in [1.29, 1.82) is 0 Å². The van der Waals surface area contributed by atoms with Gasteiger partial charge in [0.1, 0.15) is 0 Å². The SMILES string of the molecule is CC(C)(C)N1CC(N2CCC3(CC3)C2)C1. The van der Waals surface area contributed by atoms with E-state index in [0.717, 1.165) is 11.5 Å². The van der Waals surface area contributed by atoms with E-state index >= 15 is 0 Å². The summed E-state index contributed by atoms with van der Waals surface area (Å²) in [6.07, 6.45) is 4.51. The molecule has 0 unspecified atom stereocenters. The summed E-state index contributed by atoms with van der Waals surface area (Å²) in [5, 5.41) is 0. The first-order valence-electron chi connectivity index (χ1n) is 6.48. The minimum absolute atomic E-state index is 0.382. The molecule has 3 fully saturated rings. The van der Waals surface area contributed by atoms with Gasteiger partial charge in [-0.25, -0.2) is 0 Å². The molecule has 2 heterocycles. The van der Waals surface area contributed by atoms with E-state index < -0.39 is 0 Å². The molecular weight excluding hydrogens is 184 g/mol. The molecule has 3 aliphatic rings. The molecular formula is C13H24N2. The maximum atomic E-state index is 2.76. The molecule has 1 saturated carbocycles. The molecule has 15 heavy (non-hydrogen) atoms. The lowest BCUT2D eigenvalue weighted by atomic mass is 9.97. The highest BCUT2D eigenvalue weighted by molar-refractivity contribution is 5.04. The third kappa shape index (κ3) is 1.72. The second-order valence-electron chi connectivity index (χ2n) is 6.95. The monoisotopic (exact) mass is 208 g/mol. The fraction of sp³-hybridized carbons (Fsp3) is 1.00. The minimum atomic E-state index is 0.382. The molecule has 86 valence electrons. The largest absolute Gasteiger partial charge is 0.297 e. The number of likely N-dealkylation sites (tertiary alicyclic amines) is 2. The molecule has 0 aromatic carbocycles. The Hall–Kier alpha value is -0.0800. The number of rotatable bonds is 1. The van der Waals surface area contributed by atoms with Crippen molar-refractivity contribution in [3.05, 3.63) is 0 Å². The Bertz CT molecular complexity index is 256. The van der Waals surface area contributed by atoms with Crippen LogP contribution in [0.5, 0.6) is 0 Å². The van der Waals surface area contributed by atoms with Crippen molar-refractivity contribution in [2.75, 3.05) is 26.2 Å². The second kappa shape index (κ2) is 2.98. The van der Waals surface area contributed by atoms with Gasteiger partial charge in [0.15, 0.2) is 0 Å². The Balaban J connectivity index is 1.51. The lowest BCUT2D eigenvalue weighted by Gasteiger charge is -2.50. The van der Waals surface area contributed by atoms with Crippen LogP contribution in [0.3, 0.4) is 0 Å². The lowest BCUT2D eigenvalue weighted by Crippen LogP contribution is -2.64. The van der Waals surface area contributed by atoms with Gasteiger partial charge in [0.2, 0.25) is 0 Å². The molecule has 3 rings (SSSR count). The summed E-state index contributed by atoms with van der Waals surface area (Å²) in [6, 6.07) is 0.879. The smallest absolute Gasteiger partial charge is 0.0351 e. The van der Waals surface area contributed by atoms with E-state index in [-0.39, 0.29) is 0 Å². The van der Waals surface area contributed by atoms with Crippen LogP contribution in [0.25, 0.3) is 0 Å². The van der Waals surface area contributed by atoms with Crippen LogP contribution in [0.2, 0.25) is 0 Å². The zero-order valence-electron chi connectivity index (χ0n) is 10.4. The van der Waals surface area contributed by atoms with Crippen molar-refractivity contribution < 1.29 is 0 Å². The maximum Gasteiger partial charge on any atom is 0.0351 e. The quantitative estimate of drug-likeness (QED) is 0.650. The van der Waals surface area contributed by atoms with E-state index in [4.69, 9.17) is 0 Å². The summed E-state index contributed by atoms with van der Waals surface area (Å²) in [5.41, 5.74) is 1.19. The summed E-state index contributed by atoms with van der Waals surface area (Å²) < 4.78 is 0. The van der Waals surface area contributed by atoms with Gasteiger partial charge < -0.3 is 0 Å². The van der Waals surface area contributed by atoms with E-state index in [0.29, 0.717) is 5.54 Å². The van der Waals surface area contributed by atoms with Crippen LogP contribution >= 0.6 is 0 Å². The van der Waals surface area contributed by atoms with Gasteiger partial charge in [0.05, 0.1) is 0 Å². The molecule has 0 N–H and O–H groups in total. The van der Waals surface area contributed by atoms with Crippen LogP contribution < -0.4 is 0 Å². The summed E-state index contributed by atoms with van der Waals surface area (Å²) >= 11 is 0. The summed E-state index contributed by atoms with van der Waals surface area (Å²) in [5.74, 6) is 0. The van der Waals surface area contributed by atoms with Gasteiger partial charge >= 0.3 is 0 Å². The van der Waals surface area contributed by atoms with Crippen LogP contribution in [0.1, 0.15) is 40.0 Å². The predicted molar refractivity (Wildman–Crippen MR) is 63.0 cm³/mol. The van der Waals surface area contributed by atoms with E-state index in [1.165, 1.54) is 45.4 Å². The molecule has 1 spiro atoms. The first-order chi connectivity index (χ1) is 6.99. The van der Waals surface area contributed by atoms with E-state index in [9.17, 15) is 0 Å². The molecule has 0 bridgehead atoms. The molecule has 0 atom stereocenters. The summed E-state index contributed by atoms with van der Waals surface area (Å²) in [4.78, 5) is 5.37. The van der Waals surface area contributed by atoms with Gasteiger partial charge in [-0.15, -0.1) is 0 Å². The fourth-order valence-electron chi connectivity index (χ4n) is 3.10. The molecule has 0 amide bonds. The van der Waals surface area contributed by atoms with Crippen LogP contribution in [0, 0.1) is 5.41 Å². The van der Waals surface area contributed by atoms with E-state index in [1.54, 1.807) is 0 Å². The zero-order valence-corrected chi connectivity index (χ0v) is 10.4. The lowest BCUT2D eigenvalue weighted by molar-refractivity contribution is -0.0152. The highest BCUT2D eigenvalue weighted by Crippen LogP contribution is 2.53.